The zero-order chi connectivity index (χ0) is 22.1. The first-order valence-corrected chi connectivity index (χ1v) is 11.7. The van der Waals surface area contributed by atoms with Crippen LogP contribution in [-0.2, 0) is 16.1 Å². The van der Waals surface area contributed by atoms with Crippen LogP contribution in [0.4, 0.5) is 0 Å². The summed E-state index contributed by atoms with van der Waals surface area (Å²) in [5.41, 5.74) is 5.99. The summed E-state index contributed by atoms with van der Waals surface area (Å²) in [5.74, 6) is -0.617. The summed E-state index contributed by atoms with van der Waals surface area (Å²) >= 11 is 3.46. The first-order valence-electron chi connectivity index (χ1n) is 10.9. The van der Waals surface area contributed by atoms with Gasteiger partial charge in [-0.1, -0.05) is 31.5 Å². The number of halogens is 1. The van der Waals surface area contributed by atoms with E-state index in [1.165, 1.54) is 0 Å². The van der Waals surface area contributed by atoms with Crippen LogP contribution in [0.1, 0.15) is 51.0 Å². The average molecular weight is 493 g/mol. The van der Waals surface area contributed by atoms with Crippen molar-refractivity contribution in [3.63, 3.8) is 0 Å². The van der Waals surface area contributed by atoms with E-state index in [0.29, 0.717) is 36.8 Å². The molecule has 2 aliphatic rings. The number of aromatic nitrogens is 2. The molecule has 2 heterocycles. The molecule has 8 nitrogen and oxygen atoms in total. The Labute approximate surface area is 189 Å². The molecular formula is C22H29BrN4O4+2. The van der Waals surface area contributed by atoms with Crippen molar-refractivity contribution in [1.82, 2.24) is 4.90 Å². The fourth-order valence-corrected chi connectivity index (χ4v) is 5.23. The van der Waals surface area contributed by atoms with Crippen LogP contribution in [0.25, 0.3) is 10.9 Å². The topological polar surface area (TPSA) is 112 Å². The van der Waals surface area contributed by atoms with E-state index >= 15 is 0 Å². The third-order valence-corrected chi connectivity index (χ3v) is 7.15. The smallest absolute Gasteiger partial charge is 0.459 e. The van der Waals surface area contributed by atoms with Crippen LogP contribution >= 0.6 is 15.9 Å². The minimum Gasteiger partial charge on any atom is -0.459 e. The SMILES string of the molecule is NC(=O)C1CCN(C(=O)C[n+]2c(O)[n+](C3CCCCC3)c(O)c3cc(Br)ccc32)CC1. The molecule has 0 unspecified atom stereocenters. The van der Waals surface area contributed by atoms with Gasteiger partial charge in [-0.05, 0) is 37.8 Å². The van der Waals surface area contributed by atoms with Crippen molar-refractivity contribution in [2.24, 2.45) is 11.7 Å². The lowest BCUT2D eigenvalue weighted by atomic mass is 9.95. The summed E-state index contributed by atoms with van der Waals surface area (Å²) in [7, 11) is 0. The third-order valence-electron chi connectivity index (χ3n) is 6.66. The molecule has 4 rings (SSSR count). The van der Waals surface area contributed by atoms with Crippen molar-refractivity contribution in [2.45, 2.75) is 57.5 Å². The fourth-order valence-electron chi connectivity index (χ4n) is 4.87. The Morgan fingerprint density at radius 1 is 1.10 bits per heavy atom. The number of aromatic hydroxyl groups is 2. The van der Waals surface area contributed by atoms with Gasteiger partial charge in [0.2, 0.25) is 18.0 Å². The average Bonchev–Trinajstić information content (AvgIpc) is 2.77. The molecule has 166 valence electrons. The van der Waals surface area contributed by atoms with Gasteiger partial charge in [-0.25, -0.2) is 0 Å². The maximum atomic E-state index is 13.1. The normalized spacial score (nSPS) is 18.4. The number of fused-ring (bicyclic) bond motifs is 1. The van der Waals surface area contributed by atoms with Crippen LogP contribution < -0.4 is 14.9 Å². The van der Waals surface area contributed by atoms with E-state index in [1.807, 2.05) is 12.1 Å². The molecule has 1 aromatic carbocycles. The second-order valence-electron chi connectivity index (χ2n) is 8.59. The van der Waals surface area contributed by atoms with Crippen molar-refractivity contribution >= 4 is 38.6 Å². The van der Waals surface area contributed by atoms with Gasteiger partial charge < -0.3 is 20.8 Å². The highest BCUT2D eigenvalue weighted by Gasteiger charge is 2.41. The molecule has 1 saturated heterocycles. The van der Waals surface area contributed by atoms with Gasteiger partial charge in [-0.2, -0.15) is 0 Å². The standard InChI is InChI=1S/C22H27BrN4O4/c23-15-6-7-18-17(12-15)21(30)27(16-4-2-1-3-5-16)22(31)26(18)13-19(28)25-10-8-14(9-11-25)20(24)29/h6-7,12,14,16H,1-5,8-11,13H2,(H2,24,29)/p+2. The lowest BCUT2D eigenvalue weighted by molar-refractivity contribution is -0.831. The molecule has 0 atom stereocenters. The molecule has 1 aliphatic carbocycles. The van der Waals surface area contributed by atoms with E-state index in [1.54, 1.807) is 20.1 Å². The van der Waals surface area contributed by atoms with Gasteiger partial charge in [0.15, 0.2) is 11.4 Å². The molecule has 2 amide bonds. The van der Waals surface area contributed by atoms with Crippen molar-refractivity contribution in [2.75, 3.05) is 13.1 Å². The molecule has 1 aliphatic heterocycles. The number of carbonyl (C=O) groups excluding carboxylic acids is 2. The number of piperidine rings is 1. The number of amides is 2. The fraction of sp³-hybridized carbons (Fsp3) is 0.545. The van der Waals surface area contributed by atoms with E-state index in [9.17, 15) is 19.8 Å². The van der Waals surface area contributed by atoms with E-state index in [4.69, 9.17) is 5.73 Å². The lowest BCUT2D eigenvalue weighted by Gasteiger charge is -2.29. The molecule has 0 bridgehead atoms. The van der Waals surface area contributed by atoms with Gasteiger partial charge >= 0.3 is 11.9 Å². The molecule has 1 saturated carbocycles. The number of hydrogen-bond acceptors (Lipinski definition) is 4. The van der Waals surface area contributed by atoms with Gasteiger partial charge in [0.1, 0.15) is 0 Å². The Kier molecular flexibility index (Phi) is 6.31. The number of primary amides is 1. The second kappa shape index (κ2) is 8.98. The van der Waals surface area contributed by atoms with Crippen LogP contribution in [0.2, 0.25) is 0 Å². The zero-order valence-corrected chi connectivity index (χ0v) is 19.1. The monoisotopic (exact) mass is 492 g/mol. The number of hydrogen-bond donors (Lipinski definition) is 3. The van der Waals surface area contributed by atoms with Gasteiger partial charge in [-0.15, -0.1) is 0 Å². The summed E-state index contributed by atoms with van der Waals surface area (Å²) in [6.45, 7) is 0.897. The first-order chi connectivity index (χ1) is 14.9. The molecule has 31 heavy (non-hydrogen) atoms. The maximum absolute atomic E-state index is 13.1. The highest BCUT2D eigenvalue weighted by atomic mass is 79.9. The molecule has 9 heteroatoms. The number of rotatable bonds is 4. The van der Waals surface area contributed by atoms with Gasteiger partial charge in [-0.3, -0.25) is 9.59 Å². The van der Waals surface area contributed by atoms with Crippen LogP contribution in [0.3, 0.4) is 0 Å². The van der Waals surface area contributed by atoms with E-state index < -0.39 is 0 Å². The summed E-state index contributed by atoms with van der Waals surface area (Å²) in [6, 6.07) is 5.30. The van der Waals surface area contributed by atoms with Crippen LogP contribution in [0, 0.1) is 5.92 Å². The lowest BCUT2D eigenvalue weighted by Crippen LogP contribution is -2.54. The predicted molar refractivity (Wildman–Crippen MR) is 116 cm³/mol. The third kappa shape index (κ3) is 4.33. The Morgan fingerprint density at radius 2 is 1.77 bits per heavy atom. The highest BCUT2D eigenvalue weighted by Crippen LogP contribution is 2.31. The number of nitrogens with zero attached hydrogens (tertiary/aromatic N) is 3. The Morgan fingerprint density at radius 3 is 2.42 bits per heavy atom. The Hall–Kier alpha value is -2.42. The molecule has 0 radical (unpaired) electrons. The predicted octanol–water partition coefficient (Wildman–Crippen LogP) is 1.82. The number of benzene rings is 1. The number of nitrogens with two attached hydrogens (primary N) is 1. The Balaban J connectivity index is 1.69. The summed E-state index contributed by atoms with van der Waals surface area (Å²) in [4.78, 5) is 26.2. The van der Waals surface area contributed by atoms with Crippen molar-refractivity contribution in [3.05, 3.63) is 22.7 Å². The minimum absolute atomic E-state index is 0.00945. The van der Waals surface area contributed by atoms with E-state index in [0.717, 1.165) is 36.6 Å². The largest absolute Gasteiger partial charge is 0.632 e. The van der Waals surface area contributed by atoms with Crippen LogP contribution in [0.15, 0.2) is 22.7 Å². The van der Waals surface area contributed by atoms with Crippen LogP contribution in [0.5, 0.6) is 11.9 Å². The van der Waals surface area contributed by atoms with Gasteiger partial charge in [0.25, 0.3) is 5.91 Å². The van der Waals surface area contributed by atoms with E-state index in [2.05, 4.69) is 15.9 Å². The second-order valence-corrected chi connectivity index (χ2v) is 9.51. The van der Waals surface area contributed by atoms with E-state index in [-0.39, 0.29) is 42.2 Å². The van der Waals surface area contributed by atoms with Crippen LogP contribution in [-0.4, -0.2) is 40.0 Å². The number of likely N-dealkylation sites (tertiary alicyclic amines) is 1. The molecule has 4 N–H and O–H groups in total. The quantitative estimate of drug-likeness (QED) is 0.565. The van der Waals surface area contributed by atoms with Gasteiger partial charge in [0.05, 0.1) is 0 Å². The first kappa shape index (κ1) is 21.8. The summed E-state index contributed by atoms with van der Waals surface area (Å²) < 4.78 is 3.97. The van der Waals surface area contributed by atoms with Crippen molar-refractivity contribution < 1.29 is 28.9 Å². The molecular weight excluding hydrogens is 464 g/mol. The minimum atomic E-state index is -0.317. The molecule has 2 aromatic rings. The highest BCUT2D eigenvalue weighted by molar-refractivity contribution is 9.10. The molecule has 1 aromatic heterocycles. The maximum Gasteiger partial charge on any atom is 0.632 e. The Bertz CT molecular complexity index is 1010. The van der Waals surface area contributed by atoms with Crippen molar-refractivity contribution in [3.8, 4) is 11.9 Å². The van der Waals surface area contributed by atoms with Crippen molar-refractivity contribution in [1.29, 1.82) is 0 Å². The zero-order valence-electron chi connectivity index (χ0n) is 17.5. The number of carbonyl (C=O) groups is 2. The molecule has 0 spiro atoms. The summed E-state index contributed by atoms with van der Waals surface area (Å²) in [6.07, 6.45) is 6.10. The molecule has 2 fully saturated rings. The summed E-state index contributed by atoms with van der Waals surface area (Å²) in [5, 5.41) is 22.8. The van der Waals surface area contributed by atoms with Gasteiger partial charge in [0, 0.05) is 42.4 Å².